The molecule has 0 atom stereocenters. The first-order valence-corrected chi connectivity index (χ1v) is 7.91. The van der Waals surface area contributed by atoms with Gasteiger partial charge in [-0.25, -0.2) is 0 Å². The quantitative estimate of drug-likeness (QED) is 0.843. The van der Waals surface area contributed by atoms with Crippen LogP contribution >= 0.6 is 0 Å². The lowest BCUT2D eigenvalue weighted by atomic mass is 9.85. The summed E-state index contributed by atoms with van der Waals surface area (Å²) in [6.07, 6.45) is 0.391. The predicted molar refractivity (Wildman–Crippen MR) is 77.1 cm³/mol. The Bertz CT molecular complexity index is 454. The van der Waals surface area contributed by atoms with E-state index in [-0.39, 0.29) is 18.9 Å². The van der Waals surface area contributed by atoms with E-state index in [2.05, 4.69) is 29.6 Å². The molecule has 2 saturated carbocycles. The molecule has 1 aromatic rings. The third kappa shape index (κ3) is 4.00. The van der Waals surface area contributed by atoms with Crippen LogP contribution < -0.4 is 5.32 Å². The molecule has 21 heavy (non-hydrogen) atoms. The van der Waals surface area contributed by atoms with Crippen LogP contribution in [0.5, 0.6) is 0 Å². The van der Waals surface area contributed by atoms with Gasteiger partial charge in [0.1, 0.15) is 0 Å². The Morgan fingerprint density at radius 2 is 1.52 bits per heavy atom. The highest BCUT2D eigenvalue weighted by Crippen LogP contribution is 2.40. The van der Waals surface area contributed by atoms with Gasteiger partial charge in [0.2, 0.25) is 0 Å². The van der Waals surface area contributed by atoms with Crippen LogP contribution in [0.25, 0.3) is 0 Å². The summed E-state index contributed by atoms with van der Waals surface area (Å²) in [4.78, 5) is 0. The summed E-state index contributed by atoms with van der Waals surface area (Å²) >= 11 is 0. The van der Waals surface area contributed by atoms with Gasteiger partial charge in [0.25, 0.3) is 0 Å². The minimum Gasteiger partial charge on any atom is -0.310 e. The summed E-state index contributed by atoms with van der Waals surface area (Å²) in [6.45, 7) is 0.756. The van der Waals surface area contributed by atoms with Gasteiger partial charge in [-0.05, 0) is 55.6 Å². The van der Waals surface area contributed by atoms with Crippen molar-refractivity contribution >= 4 is 0 Å². The fourth-order valence-corrected chi connectivity index (χ4v) is 3.21. The van der Waals surface area contributed by atoms with Crippen LogP contribution in [0.3, 0.4) is 0 Å². The first kappa shape index (κ1) is 14.9. The largest absolute Gasteiger partial charge is 0.391 e. The zero-order chi connectivity index (χ0) is 14.9. The van der Waals surface area contributed by atoms with E-state index in [9.17, 15) is 13.2 Å². The maximum atomic E-state index is 12.6. The number of rotatable bonds is 4. The molecule has 0 unspecified atom stereocenters. The summed E-state index contributed by atoms with van der Waals surface area (Å²) in [5.41, 5.74) is 2.64. The third-order valence-electron chi connectivity index (χ3n) is 4.81. The molecular weight excluding hydrogens is 275 g/mol. The monoisotopic (exact) mass is 297 g/mol. The maximum absolute atomic E-state index is 12.6. The Morgan fingerprint density at radius 3 is 2.05 bits per heavy atom. The number of nitrogens with one attached hydrogen (secondary N) is 1. The van der Waals surface area contributed by atoms with E-state index < -0.39 is 12.1 Å². The lowest BCUT2D eigenvalue weighted by molar-refractivity contribution is -0.182. The van der Waals surface area contributed by atoms with Gasteiger partial charge in [-0.3, -0.25) is 0 Å². The van der Waals surface area contributed by atoms with Crippen molar-refractivity contribution in [1.82, 2.24) is 5.32 Å². The van der Waals surface area contributed by atoms with Gasteiger partial charge in [0.15, 0.2) is 0 Å². The Kier molecular flexibility index (Phi) is 4.25. The van der Waals surface area contributed by atoms with E-state index >= 15 is 0 Å². The molecule has 0 bridgehead atoms. The molecule has 2 fully saturated rings. The van der Waals surface area contributed by atoms with Crippen molar-refractivity contribution in [3.63, 3.8) is 0 Å². The second-order valence-corrected chi connectivity index (χ2v) is 6.49. The van der Waals surface area contributed by atoms with E-state index in [1.807, 2.05) is 0 Å². The fourth-order valence-electron chi connectivity index (χ4n) is 3.21. The van der Waals surface area contributed by atoms with Crippen molar-refractivity contribution in [2.24, 2.45) is 5.92 Å². The molecule has 4 heteroatoms. The minimum atomic E-state index is -4.01. The topological polar surface area (TPSA) is 12.0 Å². The van der Waals surface area contributed by atoms with E-state index in [0.29, 0.717) is 12.8 Å². The zero-order valence-electron chi connectivity index (χ0n) is 12.1. The number of halogens is 3. The highest BCUT2D eigenvalue weighted by molar-refractivity contribution is 5.28. The minimum absolute atomic E-state index is 0.228. The SMILES string of the molecule is FC(F)(F)C1CCC(NCc2ccc(C3CC3)cc2)CC1. The highest BCUT2D eigenvalue weighted by Gasteiger charge is 2.41. The van der Waals surface area contributed by atoms with Crippen molar-refractivity contribution in [3.05, 3.63) is 35.4 Å². The van der Waals surface area contributed by atoms with Crippen LogP contribution in [0.15, 0.2) is 24.3 Å². The van der Waals surface area contributed by atoms with E-state index in [4.69, 9.17) is 0 Å². The number of benzene rings is 1. The van der Waals surface area contributed by atoms with Crippen LogP contribution in [-0.2, 0) is 6.54 Å². The number of hydrogen-bond donors (Lipinski definition) is 1. The highest BCUT2D eigenvalue weighted by atomic mass is 19.4. The van der Waals surface area contributed by atoms with Gasteiger partial charge in [-0.1, -0.05) is 24.3 Å². The molecule has 2 aliphatic rings. The summed E-state index contributed by atoms with van der Waals surface area (Å²) in [5.74, 6) is -0.321. The second-order valence-electron chi connectivity index (χ2n) is 6.49. The summed E-state index contributed by atoms with van der Waals surface area (Å²) in [5, 5.41) is 3.41. The molecule has 0 saturated heterocycles. The van der Waals surface area contributed by atoms with E-state index in [1.54, 1.807) is 0 Å². The van der Waals surface area contributed by atoms with Crippen LogP contribution in [0.1, 0.15) is 55.6 Å². The van der Waals surface area contributed by atoms with Crippen LogP contribution in [0.2, 0.25) is 0 Å². The average molecular weight is 297 g/mol. The summed E-state index contributed by atoms with van der Waals surface area (Å²) in [6, 6.07) is 8.89. The molecule has 0 radical (unpaired) electrons. The molecule has 3 rings (SSSR count). The van der Waals surface area contributed by atoms with Gasteiger partial charge in [0.05, 0.1) is 5.92 Å². The van der Waals surface area contributed by atoms with Gasteiger partial charge < -0.3 is 5.32 Å². The van der Waals surface area contributed by atoms with Gasteiger partial charge >= 0.3 is 6.18 Å². The molecule has 1 aromatic carbocycles. The van der Waals surface area contributed by atoms with Gasteiger partial charge in [-0.15, -0.1) is 0 Å². The lowest BCUT2D eigenvalue weighted by Crippen LogP contribution is -2.36. The van der Waals surface area contributed by atoms with E-state index in [0.717, 1.165) is 12.5 Å². The Balaban J connectivity index is 1.43. The van der Waals surface area contributed by atoms with E-state index in [1.165, 1.54) is 24.0 Å². The first-order valence-electron chi connectivity index (χ1n) is 7.91. The zero-order valence-corrected chi connectivity index (χ0v) is 12.1. The molecule has 0 amide bonds. The standard InChI is InChI=1S/C17H22F3N/c18-17(19,20)15-7-9-16(10-8-15)21-11-12-1-3-13(4-2-12)14-5-6-14/h1-4,14-16,21H,5-11H2. The van der Waals surface area contributed by atoms with Crippen LogP contribution in [0.4, 0.5) is 13.2 Å². The third-order valence-corrected chi connectivity index (χ3v) is 4.81. The Hall–Kier alpha value is -1.03. The predicted octanol–water partition coefficient (Wildman–Crippen LogP) is 4.77. The molecule has 1 nitrogen and oxygen atoms in total. The second kappa shape index (κ2) is 5.99. The molecular formula is C17H22F3N. The molecule has 0 spiro atoms. The molecule has 1 N–H and O–H groups in total. The van der Waals surface area contributed by atoms with Crippen molar-refractivity contribution in [2.45, 2.75) is 63.2 Å². The number of alkyl halides is 3. The summed E-state index contributed by atoms with van der Waals surface area (Å²) in [7, 11) is 0. The van der Waals surface area contributed by atoms with Gasteiger partial charge in [-0.2, -0.15) is 13.2 Å². The molecule has 0 aromatic heterocycles. The van der Waals surface area contributed by atoms with Crippen LogP contribution in [0, 0.1) is 5.92 Å². The fraction of sp³-hybridized carbons (Fsp3) is 0.647. The van der Waals surface area contributed by atoms with Crippen molar-refractivity contribution in [3.8, 4) is 0 Å². The first-order chi connectivity index (χ1) is 10.0. The summed E-state index contributed by atoms with van der Waals surface area (Å²) < 4.78 is 37.8. The Labute approximate surface area is 123 Å². The van der Waals surface area contributed by atoms with Crippen LogP contribution in [-0.4, -0.2) is 12.2 Å². The molecule has 2 aliphatic carbocycles. The Morgan fingerprint density at radius 1 is 0.905 bits per heavy atom. The smallest absolute Gasteiger partial charge is 0.310 e. The van der Waals surface area contributed by atoms with Crippen molar-refractivity contribution in [2.75, 3.05) is 0 Å². The van der Waals surface area contributed by atoms with Crippen molar-refractivity contribution < 1.29 is 13.2 Å². The number of hydrogen-bond acceptors (Lipinski definition) is 1. The maximum Gasteiger partial charge on any atom is 0.391 e. The lowest BCUT2D eigenvalue weighted by Gasteiger charge is -2.30. The molecule has 0 heterocycles. The normalized spacial score (nSPS) is 26.8. The molecule has 116 valence electrons. The average Bonchev–Trinajstić information content (AvgIpc) is 3.30. The van der Waals surface area contributed by atoms with Crippen molar-refractivity contribution in [1.29, 1.82) is 0 Å². The molecule has 0 aliphatic heterocycles. The van der Waals surface area contributed by atoms with Gasteiger partial charge in [0, 0.05) is 12.6 Å².